The lowest BCUT2D eigenvalue weighted by Gasteiger charge is -2.44. The third kappa shape index (κ3) is 7.69. The predicted molar refractivity (Wildman–Crippen MR) is 155 cm³/mol. The third-order valence-corrected chi connectivity index (χ3v) is 9.33. The molecule has 0 aromatic carbocycles. The van der Waals surface area contributed by atoms with Gasteiger partial charge in [0.25, 0.3) is 0 Å². The van der Waals surface area contributed by atoms with Gasteiger partial charge in [0.15, 0.2) is 0 Å². The minimum atomic E-state index is -0.443. The van der Waals surface area contributed by atoms with Crippen LogP contribution in [0.1, 0.15) is 73.6 Å². The Morgan fingerprint density at radius 3 is 2.37 bits per heavy atom. The average Bonchev–Trinajstić information content (AvgIpc) is 3.83. The van der Waals surface area contributed by atoms with E-state index in [4.69, 9.17) is 18.9 Å². The summed E-state index contributed by atoms with van der Waals surface area (Å²) in [4.78, 5) is 41.4. The van der Waals surface area contributed by atoms with Crippen molar-refractivity contribution in [3.05, 3.63) is 11.6 Å². The number of methoxy groups -OCH3 is 1. The molecule has 41 heavy (non-hydrogen) atoms. The summed E-state index contributed by atoms with van der Waals surface area (Å²) in [6, 6.07) is -0.180. The molecule has 0 unspecified atom stereocenters. The zero-order chi connectivity index (χ0) is 30.0. The number of urea groups is 1. The summed E-state index contributed by atoms with van der Waals surface area (Å²) < 4.78 is 23.7. The van der Waals surface area contributed by atoms with Crippen LogP contribution in [0.4, 0.5) is 4.79 Å². The van der Waals surface area contributed by atoms with Crippen LogP contribution in [0.25, 0.3) is 0 Å². The predicted octanol–water partition coefficient (Wildman–Crippen LogP) is 3.33. The molecular formula is C31H51N3O7. The Morgan fingerprint density at radius 1 is 1.10 bits per heavy atom. The number of hydrogen-bond donors (Lipinski definition) is 1. The third-order valence-electron chi connectivity index (χ3n) is 9.33. The maximum atomic E-state index is 13.3. The van der Waals surface area contributed by atoms with Crippen molar-refractivity contribution in [3.63, 3.8) is 0 Å². The van der Waals surface area contributed by atoms with Crippen LogP contribution in [0.5, 0.6) is 0 Å². The van der Waals surface area contributed by atoms with Gasteiger partial charge in [-0.25, -0.2) is 4.79 Å². The van der Waals surface area contributed by atoms with Crippen molar-refractivity contribution < 1.29 is 33.3 Å². The van der Waals surface area contributed by atoms with E-state index in [2.05, 4.69) is 37.1 Å². The fraction of sp³-hybridized carbons (Fsp3) is 0.839. The van der Waals surface area contributed by atoms with E-state index in [0.29, 0.717) is 32.7 Å². The monoisotopic (exact) mass is 577 g/mol. The van der Waals surface area contributed by atoms with Crippen LogP contribution in [-0.2, 0) is 28.5 Å². The van der Waals surface area contributed by atoms with Gasteiger partial charge in [-0.3, -0.25) is 14.5 Å². The van der Waals surface area contributed by atoms with E-state index in [1.54, 1.807) is 7.11 Å². The fourth-order valence-corrected chi connectivity index (χ4v) is 6.52. The van der Waals surface area contributed by atoms with Gasteiger partial charge in [-0.15, -0.1) is 0 Å². The first kappa shape index (κ1) is 31.9. The fourth-order valence-electron chi connectivity index (χ4n) is 6.52. The molecule has 0 bridgehead atoms. The molecule has 10 heteroatoms. The van der Waals surface area contributed by atoms with E-state index in [9.17, 15) is 14.4 Å². The molecule has 1 N–H and O–H groups in total. The smallest absolute Gasteiger partial charge is 0.317 e. The number of esters is 1. The highest BCUT2D eigenvalue weighted by molar-refractivity contribution is 5.86. The van der Waals surface area contributed by atoms with Crippen molar-refractivity contribution in [2.24, 2.45) is 11.3 Å². The van der Waals surface area contributed by atoms with E-state index >= 15 is 0 Å². The average molecular weight is 578 g/mol. The van der Waals surface area contributed by atoms with Gasteiger partial charge in [0.1, 0.15) is 18.0 Å². The van der Waals surface area contributed by atoms with Crippen LogP contribution in [0.3, 0.4) is 0 Å². The molecule has 1 aliphatic carbocycles. The molecule has 3 aliphatic heterocycles. The van der Waals surface area contributed by atoms with Crippen LogP contribution in [-0.4, -0.2) is 110 Å². The Hall–Kier alpha value is -2.01. The number of Topliss-reactive ketones (excluding diaryl/α,β-unsaturated/α-hetero) is 1. The minimum Gasteiger partial charge on any atom is -0.464 e. The topological polar surface area (TPSA) is 113 Å². The van der Waals surface area contributed by atoms with E-state index in [0.717, 1.165) is 25.9 Å². The molecule has 1 spiro atoms. The van der Waals surface area contributed by atoms with Crippen LogP contribution in [0, 0.1) is 11.3 Å². The number of allylic oxidation sites excluding steroid dienone is 1. The molecule has 10 nitrogen and oxygen atoms in total. The Balaban J connectivity index is 1.21. The molecule has 2 amide bonds. The van der Waals surface area contributed by atoms with Crippen LogP contribution < -0.4 is 5.32 Å². The van der Waals surface area contributed by atoms with Gasteiger partial charge < -0.3 is 29.2 Å². The zero-order valence-electron chi connectivity index (χ0n) is 26.1. The molecule has 3 heterocycles. The molecule has 6 atom stereocenters. The van der Waals surface area contributed by atoms with Gasteiger partial charge in [0, 0.05) is 57.6 Å². The maximum absolute atomic E-state index is 13.3. The molecule has 4 aliphatic rings. The molecule has 4 fully saturated rings. The van der Waals surface area contributed by atoms with Gasteiger partial charge >= 0.3 is 12.0 Å². The lowest BCUT2D eigenvalue weighted by atomic mass is 9.67. The number of nitrogens with zero attached hydrogens (tertiary/aromatic N) is 2. The molecule has 0 aromatic heterocycles. The lowest BCUT2D eigenvalue weighted by Crippen LogP contribution is -2.61. The number of ketones is 1. The van der Waals surface area contributed by atoms with Gasteiger partial charge in [-0.05, 0) is 40.0 Å². The van der Waals surface area contributed by atoms with Crippen molar-refractivity contribution in [2.45, 2.75) is 103 Å². The number of ether oxygens (including phenoxy) is 4. The number of piperazine rings is 1. The molecular weight excluding hydrogens is 526 g/mol. The standard InChI is InChI=1S/C31H51N3O7/c1-21(2)8-10-24-30(6,41-24)27-26(38-7)22(12-13-31(27)20-40-31)32-28(37)34-16-14-33(15-17-34)18-19-39-25(36)11-9-23(35)29(3,4)5/h8,22,24,26-27H,9-20H2,1-7H3,(H,32,37)/t22-,24-,26-,27-,30+,31+/m1/s1. The normalized spacial score (nSPS) is 33.3. The number of epoxide rings is 2. The second-order valence-corrected chi connectivity index (χ2v) is 13.7. The highest BCUT2D eigenvalue weighted by atomic mass is 16.6. The summed E-state index contributed by atoms with van der Waals surface area (Å²) >= 11 is 0. The van der Waals surface area contributed by atoms with Crippen LogP contribution in [0.2, 0.25) is 0 Å². The summed E-state index contributed by atoms with van der Waals surface area (Å²) in [7, 11) is 1.73. The van der Waals surface area contributed by atoms with Crippen LogP contribution >= 0.6 is 0 Å². The summed E-state index contributed by atoms with van der Waals surface area (Å²) in [6.07, 6.45) is 5.05. The SMILES string of the molecule is CO[C@@H]1[C@H](NC(=O)N2CCN(CCOC(=O)CCC(=O)C(C)(C)C)CC2)CC[C@]2(CO2)[C@H]1[C@@]1(C)O[C@@H]1CC=C(C)C. The molecule has 0 radical (unpaired) electrons. The molecule has 1 saturated carbocycles. The first-order valence-electron chi connectivity index (χ1n) is 15.2. The van der Waals surface area contributed by atoms with Crippen LogP contribution in [0.15, 0.2) is 11.6 Å². The lowest BCUT2D eigenvalue weighted by molar-refractivity contribution is -0.145. The molecule has 0 aromatic rings. The molecule has 4 rings (SSSR count). The first-order valence-corrected chi connectivity index (χ1v) is 15.2. The van der Waals surface area contributed by atoms with Crippen molar-refractivity contribution >= 4 is 17.8 Å². The van der Waals surface area contributed by atoms with Crippen molar-refractivity contribution in [2.75, 3.05) is 53.0 Å². The van der Waals surface area contributed by atoms with E-state index in [1.807, 2.05) is 25.7 Å². The number of rotatable bonds is 11. The van der Waals surface area contributed by atoms with E-state index < -0.39 is 5.41 Å². The number of carbonyl (C=O) groups is 3. The minimum absolute atomic E-state index is 0.0563. The maximum Gasteiger partial charge on any atom is 0.317 e. The summed E-state index contributed by atoms with van der Waals surface area (Å²) in [5.74, 6) is -0.226. The Labute approximate surface area is 245 Å². The second kappa shape index (κ2) is 12.7. The van der Waals surface area contributed by atoms with Crippen molar-refractivity contribution in [1.29, 1.82) is 0 Å². The zero-order valence-corrected chi connectivity index (χ0v) is 26.1. The molecule has 232 valence electrons. The quantitative estimate of drug-likeness (QED) is 0.226. The number of carbonyl (C=O) groups excluding carboxylic acids is 3. The summed E-state index contributed by atoms with van der Waals surface area (Å²) in [5.41, 5.74) is 0.293. The summed E-state index contributed by atoms with van der Waals surface area (Å²) in [5, 5.41) is 3.28. The Morgan fingerprint density at radius 2 is 1.78 bits per heavy atom. The molecule has 3 saturated heterocycles. The number of hydrogen-bond acceptors (Lipinski definition) is 8. The Kier molecular flexibility index (Phi) is 9.88. The van der Waals surface area contributed by atoms with E-state index in [-0.39, 0.29) is 72.6 Å². The Bertz CT molecular complexity index is 992. The second-order valence-electron chi connectivity index (χ2n) is 13.7. The highest BCUT2D eigenvalue weighted by Crippen LogP contribution is 2.59. The van der Waals surface area contributed by atoms with Gasteiger partial charge in [-0.1, -0.05) is 32.4 Å². The largest absolute Gasteiger partial charge is 0.464 e. The van der Waals surface area contributed by atoms with Gasteiger partial charge in [0.2, 0.25) is 0 Å². The highest BCUT2D eigenvalue weighted by Gasteiger charge is 2.71. The first-order chi connectivity index (χ1) is 19.3. The summed E-state index contributed by atoms with van der Waals surface area (Å²) in [6.45, 7) is 16.2. The van der Waals surface area contributed by atoms with E-state index in [1.165, 1.54) is 5.57 Å². The van der Waals surface area contributed by atoms with Gasteiger partial charge in [0.05, 0.1) is 36.9 Å². The van der Waals surface area contributed by atoms with Crippen molar-refractivity contribution in [3.8, 4) is 0 Å². The van der Waals surface area contributed by atoms with Crippen molar-refractivity contribution in [1.82, 2.24) is 15.1 Å². The number of nitrogens with one attached hydrogen (secondary N) is 1. The van der Waals surface area contributed by atoms with Gasteiger partial charge in [-0.2, -0.15) is 0 Å². The number of amides is 2.